The maximum atomic E-state index is 12.3. The van der Waals surface area contributed by atoms with E-state index in [0.29, 0.717) is 12.4 Å². The van der Waals surface area contributed by atoms with Gasteiger partial charge in [0.05, 0.1) is 6.61 Å². The topological polar surface area (TPSA) is 47.6 Å². The third-order valence-corrected chi connectivity index (χ3v) is 4.01. The quantitative estimate of drug-likeness (QED) is 0.580. The van der Waals surface area contributed by atoms with Crippen molar-refractivity contribution in [2.24, 2.45) is 0 Å². The summed E-state index contributed by atoms with van der Waals surface area (Å²) in [6.07, 6.45) is 2.10. The van der Waals surface area contributed by atoms with Crippen molar-refractivity contribution in [2.45, 2.75) is 19.8 Å². The van der Waals surface area contributed by atoms with E-state index >= 15 is 0 Å². The van der Waals surface area contributed by atoms with Crippen LogP contribution >= 0.6 is 0 Å². The molecular formula is C22H23NO3. The zero-order valence-corrected chi connectivity index (χ0v) is 14.9. The zero-order valence-electron chi connectivity index (χ0n) is 14.9. The van der Waals surface area contributed by atoms with Crippen LogP contribution in [0.4, 0.5) is 5.69 Å². The van der Waals surface area contributed by atoms with E-state index in [1.165, 1.54) is 0 Å². The number of carbonyl (C=O) groups is 1. The SMILES string of the molecule is CCCCOc1cccc(OCC(=O)Nc2cccc3ccccc23)c1. The molecule has 0 saturated carbocycles. The van der Waals surface area contributed by atoms with Crippen molar-refractivity contribution >= 4 is 22.4 Å². The van der Waals surface area contributed by atoms with Crippen LogP contribution in [0, 0.1) is 0 Å². The molecule has 4 heteroatoms. The second-order valence-electron chi connectivity index (χ2n) is 6.04. The molecule has 0 unspecified atom stereocenters. The number of nitrogens with one attached hydrogen (secondary N) is 1. The second kappa shape index (κ2) is 8.90. The number of fused-ring (bicyclic) bond motifs is 1. The number of anilines is 1. The van der Waals surface area contributed by atoms with Crippen LogP contribution < -0.4 is 14.8 Å². The molecule has 134 valence electrons. The summed E-state index contributed by atoms with van der Waals surface area (Å²) >= 11 is 0. The summed E-state index contributed by atoms with van der Waals surface area (Å²) in [6, 6.07) is 21.2. The predicted molar refractivity (Wildman–Crippen MR) is 105 cm³/mol. The van der Waals surface area contributed by atoms with Crippen molar-refractivity contribution in [3.05, 3.63) is 66.7 Å². The van der Waals surface area contributed by atoms with E-state index in [4.69, 9.17) is 9.47 Å². The molecule has 0 aliphatic heterocycles. The summed E-state index contributed by atoms with van der Waals surface area (Å²) in [4.78, 5) is 12.3. The first-order valence-electron chi connectivity index (χ1n) is 8.89. The molecule has 3 rings (SSSR count). The summed E-state index contributed by atoms with van der Waals surface area (Å²) < 4.78 is 11.3. The molecule has 26 heavy (non-hydrogen) atoms. The van der Waals surface area contributed by atoms with Crippen LogP contribution in [0.3, 0.4) is 0 Å². The van der Waals surface area contributed by atoms with Crippen molar-refractivity contribution in [3.8, 4) is 11.5 Å². The number of rotatable bonds is 8. The Bertz CT molecular complexity index is 871. The molecule has 0 fully saturated rings. The first-order chi connectivity index (χ1) is 12.8. The summed E-state index contributed by atoms with van der Waals surface area (Å²) in [7, 11) is 0. The van der Waals surface area contributed by atoms with Gasteiger partial charge in [-0.15, -0.1) is 0 Å². The van der Waals surface area contributed by atoms with E-state index in [-0.39, 0.29) is 12.5 Å². The molecule has 1 amide bonds. The summed E-state index contributed by atoms with van der Waals surface area (Å²) in [5.74, 6) is 1.18. The van der Waals surface area contributed by atoms with Crippen LogP contribution in [0.25, 0.3) is 10.8 Å². The molecule has 4 nitrogen and oxygen atoms in total. The van der Waals surface area contributed by atoms with Gasteiger partial charge in [0.25, 0.3) is 5.91 Å². The van der Waals surface area contributed by atoms with Gasteiger partial charge in [0, 0.05) is 17.1 Å². The molecule has 0 aliphatic rings. The lowest BCUT2D eigenvalue weighted by Crippen LogP contribution is -2.20. The van der Waals surface area contributed by atoms with Crippen molar-refractivity contribution < 1.29 is 14.3 Å². The Hall–Kier alpha value is -3.01. The molecule has 0 saturated heterocycles. The lowest BCUT2D eigenvalue weighted by molar-refractivity contribution is -0.118. The highest BCUT2D eigenvalue weighted by molar-refractivity contribution is 6.02. The van der Waals surface area contributed by atoms with Crippen molar-refractivity contribution in [1.82, 2.24) is 0 Å². The largest absolute Gasteiger partial charge is 0.493 e. The third-order valence-electron chi connectivity index (χ3n) is 4.01. The van der Waals surface area contributed by atoms with Gasteiger partial charge in [-0.3, -0.25) is 4.79 Å². The molecule has 0 radical (unpaired) electrons. The minimum absolute atomic E-state index is 0.0539. The van der Waals surface area contributed by atoms with Crippen molar-refractivity contribution in [3.63, 3.8) is 0 Å². The molecule has 0 aliphatic carbocycles. The molecular weight excluding hydrogens is 326 g/mol. The van der Waals surface area contributed by atoms with Gasteiger partial charge in [-0.2, -0.15) is 0 Å². The lowest BCUT2D eigenvalue weighted by atomic mass is 10.1. The van der Waals surface area contributed by atoms with E-state index < -0.39 is 0 Å². The van der Waals surface area contributed by atoms with E-state index in [1.807, 2.05) is 60.7 Å². The standard InChI is InChI=1S/C22H23NO3/c1-2-3-14-25-18-10-7-11-19(15-18)26-16-22(24)23-21-13-6-9-17-8-4-5-12-20(17)21/h4-13,15H,2-3,14,16H2,1H3,(H,23,24). The molecule has 0 bridgehead atoms. The van der Waals surface area contributed by atoms with Crippen LogP contribution in [-0.2, 0) is 4.79 Å². The minimum atomic E-state index is -0.196. The lowest BCUT2D eigenvalue weighted by Gasteiger charge is -2.11. The van der Waals surface area contributed by atoms with Gasteiger partial charge < -0.3 is 14.8 Å². The summed E-state index contributed by atoms with van der Waals surface area (Å²) in [5, 5.41) is 5.01. The number of ether oxygens (including phenoxy) is 2. The average molecular weight is 349 g/mol. The Balaban J connectivity index is 1.58. The van der Waals surface area contributed by atoms with Crippen LogP contribution in [0.1, 0.15) is 19.8 Å². The first-order valence-corrected chi connectivity index (χ1v) is 8.89. The number of carbonyl (C=O) groups excluding carboxylic acids is 1. The predicted octanol–water partition coefficient (Wildman–Crippen LogP) is 5.04. The highest BCUT2D eigenvalue weighted by Crippen LogP contribution is 2.23. The van der Waals surface area contributed by atoms with Gasteiger partial charge >= 0.3 is 0 Å². The van der Waals surface area contributed by atoms with Gasteiger partial charge in [-0.25, -0.2) is 0 Å². The van der Waals surface area contributed by atoms with Crippen LogP contribution in [0.2, 0.25) is 0 Å². The fraction of sp³-hybridized carbons (Fsp3) is 0.227. The normalized spacial score (nSPS) is 10.5. The number of amides is 1. The van der Waals surface area contributed by atoms with E-state index in [1.54, 1.807) is 6.07 Å². The molecule has 3 aromatic rings. The second-order valence-corrected chi connectivity index (χ2v) is 6.04. The number of hydrogen-bond donors (Lipinski definition) is 1. The van der Waals surface area contributed by atoms with Crippen LogP contribution in [0.15, 0.2) is 66.7 Å². The molecule has 0 heterocycles. The minimum Gasteiger partial charge on any atom is -0.493 e. The van der Waals surface area contributed by atoms with Crippen molar-refractivity contribution in [2.75, 3.05) is 18.5 Å². The van der Waals surface area contributed by atoms with Crippen LogP contribution in [0.5, 0.6) is 11.5 Å². The number of hydrogen-bond acceptors (Lipinski definition) is 3. The molecule has 0 spiro atoms. The number of benzene rings is 3. The average Bonchev–Trinajstić information content (AvgIpc) is 2.67. The van der Waals surface area contributed by atoms with E-state index in [0.717, 1.165) is 35.1 Å². The molecule has 0 aromatic heterocycles. The molecule has 3 aromatic carbocycles. The van der Waals surface area contributed by atoms with Crippen LogP contribution in [-0.4, -0.2) is 19.1 Å². The van der Waals surface area contributed by atoms with E-state index in [9.17, 15) is 4.79 Å². The zero-order chi connectivity index (χ0) is 18.2. The Morgan fingerprint density at radius 3 is 2.50 bits per heavy atom. The monoisotopic (exact) mass is 349 g/mol. The highest BCUT2D eigenvalue weighted by atomic mass is 16.5. The fourth-order valence-corrected chi connectivity index (χ4v) is 2.66. The first kappa shape index (κ1) is 17.8. The maximum absolute atomic E-state index is 12.3. The van der Waals surface area contributed by atoms with E-state index in [2.05, 4.69) is 12.2 Å². The van der Waals surface area contributed by atoms with Gasteiger partial charge in [0.2, 0.25) is 0 Å². The summed E-state index contributed by atoms with van der Waals surface area (Å²) in [5.41, 5.74) is 0.786. The fourth-order valence-electron chi connectivity index (χ4n) is 2.66. The summed E-state index contributed by atoms with van der Waals surface area (Å²) in [6.45, 7) is 2.75. The smallest absolute Gasteiger partial charge is 0.262 e. The highest BCUT2D eigenvalue weighted by Gasteiger charge is 2.07. The third kappa shape index (κ3) is 4.76. The molecule has 1 N–H and O–H groups in total. The van der Waals surface area contributed by atoms with Gasteiger partial charge in [-0.1, -0.05) is 55.8 Å². The molecule has 0 atom stereocenters. The van der Waals surface area contributed by atoms with Gasteiger partial charge in [0.15, 0.2) is 6.61 Å². The Morgan fingerprint density at radius 1 is 0.923 bits per heavy atom. The van der Waals surface area contributed by atoms with Gasteiger partial charge in [-0.05, 0) is 30.0 Å². The number of unbranched alkanes of at least 4 members (excludes halogenated alkanes) is 1. The maximum Gasteiger partial charge on any atom is 0.262 e. The Labute approximate surface area is 153 Å². The van der Waals surface area contributed by atoms with Gasteiger partial charge in [0.1, 0.15) is 11.5 Å². The Morgan fingerprint density at radius 2 is 1.65 bits per heavy atom. The Kier molecular flexibility index (Phi) is 6.09. The van der Waals surface area contributed by atoms with Crippen molar-refractivity contribution in [1.29, 1.82) is 0 Å².